The molecule has 4 atom stereocenters. The van der Waals surface area contributed by atoms with E-state index in [4.69, 9.17) is 43.6 Å². The second-order valence-corrected chi connectivity index (χ2v) is 15.5. The SMILES string of the molecule is CCC(Cc1cnnn1-c1ccccc1)[N+]1(SC(C)=O)CCC(N2CCCCC2=O)CC1c1ccc(Cl)c(Cl)c1.O=C(O)CC(O)(CC(=O)O)C(=O)O. The van der Waals surface area contributed by atoms with E-state index in [0.29, 0.717) is 26.8 Å². The van der Waals surface area contributed by atoms with Gasteiger partial charge in [0.15, 0.2) is 17.5 Å². The number of hydrogen-bond donors (Lipinski definition) is 4. The number of aliphatic carboxylic acids is 3. The van der Waals surface area contributed by atoms with Crippen LogP contribution in [0.15, 0.2) is 54.7 Å². The van der Waals surface area contributed by atoms with Gasteiger partial charge in [0.2, 0.25) is 11.0 Å². The van der Waals surface area contributed by atoms with Crippen molar-refractivity contribution < 1.29 is 48.3 Å². The summed E-state index contributed by atoms with van der Waals surface area (Å²) in [5, 5.41) is 43.5. The fourth-order valence-electron chi connectivity index (χ4n) is 7.27. The maximum Gasteiger partial charge on any atom is 0.336 e. The lowest BCUT2D eigenvalue weighted by molar-refractivity contribution is -0.861. The Morgan fingerprint density at radius 2 is 1.70 bits per heavy atom. The first-order chi connectivity index (χ1) is 25.1. The van der Waals surface area contributed by atoms with Gasteiger partial charge in [-0.25, -0.2) is 13.4 Å². The third-order valence-corrected chi connectivity index (χ3v) is 11.8. The summed E-state index contributed by atoms with van der Waals surface area (Å²) in [5.41, 5.74) is 0.267. The lowest BCUT2D eigenvalue weighted by Crippen LogP contribution is -2.60. The summed E-state index contributed by atoms with van der Waals surface area (Å²) in [4.78, 5) is 58.5. The molecule has 0 radical (unpaired) electrons. The smallest absolute Gasteiger partial charge is 0.336 e. The van der Waals surface area contributed by atoms with E-state index in [2.05, 4.69) is 22.1 Å². The summed E-state index contributed by atoms with van der Waals surface area (Å²) in [6, 6.07) is 16.0. The van der Waals surface area contributed by atoms with Crippen LogP contribution in [0.1, 0.15) is 82.5 Å². The molecular formula is C36H44Cl2N5O9S+. The molecular weight excluding hydrogens is 749 g/mol. The highest BCUT2D eigenvalue weighted by molar-refractivity contribution is 8.08. The molecule has 17 heteroatoms. The number of para-hydroxylation sites is 1. The predicted molar refractivity (Wildman–Crippen MR) is 197 cm³/mol. The second-order valence-electron chi connectivity index (χ2n) is 13.3. The molecule has 2 aliphatic rings. The summed E-state index contributed by atoms with van der Waals surface area (Å²) in [6.07, 6.45) is 5.31. The largest absolute Gasteiger partial charge is 0.481 e. The van der Waals surface area contributed by atoms with Crippen molar-refractivity contribution in [2.75, 3.05) is 13.1 Å². The highest BCUT2D eigenvalue weighted by Gasteiger charge is 2.52. The van der Waals surface area contributed by atoms with Crippen LogP contribution in [0.5, 0.6) is 0 Å². The molecule has 5 rings (SSSR count). The minimum absolute atomic E-state index is 0.0526. The standard InChI is InChI=1S/C30H36Cl2N5O2S.C6H8O7/c1-3-26(18-25-20-33-34-36(25)23-9-5-4-6-10-23)37(40-21(2)38)16-14-24(35-15-8-7-11-30(35)39)19-29(37)22-12-13-27(31)28(32)17-22;7-3(8)1-6(13,5(11)12)2-4(9)10/h4-6,9-10,12-13,17,20,24,26,29H,3,7-8,11,14-16,18-19H2,1-2H3;13H,1-2H2,(H,7,8)(H,9,10)(H,11,12)/q+1;. The Morgan fingerprint density at radius 3 is 2.26 bits per heavy atom. The van der Waals surface area contributed by atoms with Crippen LogP contribution in [0.2, 0.25) is 10.0 Å². The highest BCUT2D eigenvalue weighted by Crippen LogP contribution is 2.50. The van der Waals surface area contributed by atoms with Crippen LogP contribution >= 0.6 is 35.1 Å². The lowest BCUT2D eigenvalue weighted by Gasteiger charge is -2.53. The number of piperidine rings is 2. The third kappa shape index (κ3) is 10.4. The minimum atomic E-state index is -2.74. The molecule has 0 spiro atoms. The van der Waals surface area contributed by atoms with E-state index in [1.165, 1.54) is 11.9 Å². The van der Waals surface area contributed by atoms with Gasteiger partial charge in [0.05, 0.1) is 47.0 Å². The number of nitrogens with zero attached hydrogens (tertiary/aromatic N) is 5. The van der Waals surface area contributed by atoms with Gasteiger partial charge in [-0.1, -0.05) is 59.6 Å². The summed E-state index contributed by atoms with van der Waals surface area (Å²) in [5.74, 6) is -4.78. The number of hydrogen-bond acceptors (Lipinski definition) is 9. The molecule has 1 amide bonds. The van der Waals surface area contributed by atoms with E-state index in [0.717, 1.165) is 62.1 Å². The molecule has 2 aromatic carbocycles. The molecule has 53 heavy (non-hydrogen) atoms. The van der Waals surface area contributed by atoms with Gasteiger partial charge in [-0.2, -0.15) is 0 Å². The minimum Gasteiger partial charge on any atom is -0.481 e. The van der Waals surface area contributed by atoms with E-state index in [1.54, 1.807) is 6.92 Å². The zero-order chi connectivity index (χ0) is 38.9. The molecule has 1 aromatic heterocycles. The van der Waals surface area contributed by atoms with Crippen molar-refractivity contribution in [3.8, 4) is 5.69 Å². The Labute approximate surface area is 321 Å². The molecule has 14 nitrogen and oxygen atoms in total. The number of quaternary nitrogens is 1. The zero-order valence-electron chi connectivity index (χ0n) is 29.4. The summed E-state index contributed by atoms with van der Waals surface area (Å²) in [7, 11) is 0. The Bertz CT molecular complexity index is 1780. The highest BCUT2D eigenvalue weighted by atomic mass is 35.5. The number of aliphatic hydroxyl groups is 1. The number of aromatic nitrogens is 3. The summed E-state index contributed by atoms with van der Waals surface area (Å²) < 4.78 is 2.42. The number of likely N-dealkylation sites (tertiary alicyclic amines) is 2. The molecule has 0 saturated carbocycles. The number of rotatable bonds is 13. The van der Waals surface area contributed by atoms with Crippen molar-refractivity contribution >= 4 is 64.1 Å². The lowest BCUT2D eigenvalue weighted by atomic mass is 9.87. The first-order valence-electron chi connectivity index (χ1n) is 17.3. The zero-order valence-corrected chi connectivity index (χ0v) is 31.8. The predicted octanol–water partition coefficient (Wildman–Crippen LogP) is 5.57. The number of carbonyl (C=O) groups is 5. The van der Waals surface area contributed by atoms with Gasteiger partial charge >= 0.3 is 17.9 Å². The van der Waals surface area contributed by atoms with Gasteiger partial charge in [0, 0.05) is 50.8 Å². The Balaban J connectivity index is 0.000000413. The molecule has 0 bridgehead atoms. The van der Waals surface area contributed by atoms with Crippen LogP contribution in [0.25, 0.3) is 5.69 Å². The number of carboxylic acid groups (broad SMARTS) is 3. The molecule has 2 saturated heterocycles. The molecule has 3 aromatic rings. The molecule has 286 valence electrons. The van der Waals surface area contributed by atoms with Crippen LogP contribution in [-0.4, -0.2) is 104 Å². The normalized spacial score (nSPS) is 20.9. The van der Waals surface area contributed by atoms with Crippen molar-refractivity contribution in [3.63, 3.8) is 0 Å². The number of amides is 1. The van der Waals surface area contributed by atoms with Crippen molar-refractivity contribution in [1.29, 1.82) is 0 Å². The van der Waals surface area contributed by atoms with Crippen LogP contribution in [-0.2, 0) is 30.4 Å². The monoisotopic (exact) mass is 792 g/mol. The molecule has 0 aliphatic carbocycles. The van der Waals surface area contributed by atoms with Gasteiger partial charge in [-0.15, -0.1) is 5.10 Å². The van der Waals surface area contributed by atoms with Crippen molar-refractivity contribution in [1.82, 2.24) is 19.9 Å². The quantitative estimate of drug-likeness (QED) is 0.124. The number of carbonyl (C=O) groups excluding carboxylic acids is 2. The fraction of sp³-hybridized carbons (Fsp3) is 0.472. The summed E-state index contributed by atoms with van der Waals surface area (Å²) in [6.45, 7) is 5.40. The molecule has 3 heterocycles. The van der Waals surface area contributed by atoms with Crippen molar-refractivity contribution in [2.45, 2.75) is 95.4 Å². The van der Waals surface area contributed by atoms with Gasteiger partial charge in [0.1, 0.15) is 12.1 Å². The fourth-order valence-corrected chi connectivity index (χ4v) is 8.96. The van der Waals surface area contributed by atoms with Crippen molar-refractivity contribution in [2.24, 2.45) is 0 Å². The topological polar surface area (TPSA) is 200 Å². The summed E-state index contributed by atoms with van der Waals surface area (Å²) >= 11 is 14.3. The van der Waals surface area contributed by atoms with E-state index in [-0.39, 0.29) is 29.1 Å². The molecule has 2 aliphatic heterocycles. The average Bonchev–Trinajstić information content (AvgIpc) is 3.57. The average molecular weight is 794 g/mol. The molecule has 4 unspecified atom stereocenters. The third-order valence-electron chi connectivity index (χ3n) is 9.70. The second kappa shape index (κ2) is 18.3. The molecule has 4 N–H and O–H groups in total. The molecule has 2 fully saturated rings. The number of benzene rings is 2. The van der Waals surface area contributed by atoms with Crippen LogP contribution < -0.4 is 0 Å². The van der Waals surface area contributed by atoms with Crippen LogP contribution in [0.3, 0.4) is 0 Å². The maximum absolute atomic E-state index is 13.0. The van der Waals surface area contributed by atoms with Crippen molar-refractivity contribution in [3.05, 3.63) is 76.0 Å². The van der Waals surface area contributed by atoms with Crippen LogP contribution in [0.4, 0.5) is 0 Å². The first kappa shape index (κ1) is 41.7. The number of halogens is 2. The van der Waals surface area contributed by atoms with E-state index in [1.807, 2.05) is 59.4 Å². The Kier molecular flexibility index (Phi) is 14.4. The Morgan fingerprint density at radius 1 is 1.02 bits per heavy atom. The van der Waals surface area contributed by atoms with E-state index < -0.39 is 36.4 Å². The first-order valence-corrected chi connectivity index (χ1v) is 18.8. The van der Waals surface area contributed by atoms with Crippen LogP contribution in [0, 0.1) is 0 Å². The Hall–Kier alpha value is -4.02. The number of carboxylic acids is 3. The van der Waals surface area contributed by atoms with Gasteiger partial charge in [0.25, 0.3) is 0 Å². The van der Waals surface area contributed by atoms with Gasteiger partial charge < -0.3 is 25.3 Å². The maximum atomic E-state index is 13.0. The van der Waals surface area contributed by atoms with E-state index in [9.17, 15) is 24.0 Å². The van der Waals surface area contributed by atoms with Gasteiger partial charge in [-0.3, -0.25) is 19.2 Å². The van der Waals surface area contributed by atoms with E-state index >= 15 is 0 Å². The van der Waals surface area contributed by atoms with Gasteiger partial charge in [-0.05, 0) is 43.5 Å².